The van der Waals surface area contributed by atoms with E-state index in [2.05, 4.69) is 9.51 Å². The topological polar surface area (TPSA) is 131 Å². The molecule has 0 radical (unpaired) electrons. The summed E-state index contributed by atoms with van der Waals surface area (Å²) in [6.07, 6.45) is -0.319. The first-order valence-corrected chi connectivity index (χ1v) is 7.98. The van der Waals surface area contributed by atoms with Crippen LogP contribution in [-0.2, 0) is 13.8 Å². The van der Waals surface area contributed by atoms with Gasteiger partial charge in [-0.25, -0.2) is 9.36 Å². The smallest absolute Gasteiger partial charge is 0.352 e. The van der Waals surface area contributed by atoms with Gasteiger partial charge in [0.1, 0.15) is 6.23 Å². The highest BCUT2D eigenvalue weighted by atomic mass is 31.2. The molecule has 22 heavy (non-hydrogen) atoms. The van der Waals surface area contributed by atoms with E-state index in [4.69, 9.17) is 14.5 Å². The van der Waals surface area contributed by atoms with Crippen LogP contribution in [0.4, 0.5) is 4.39 Å². The number of aromatic nitrogens is 2. The highest BCUT2D eigenvalue weighted by molar-refractivity contribution is 7.46. The van der Waals surface area contributed by atoms with Gasteiger partial charge in [0.05, 0.1) is 19.4 Å². The minimum absolute atomic E-state index is 0.122. The van der Waals surface area contributed by atoms with Crippen LogP contribution in [0.5, 0.6) is 0 Å². The number of hydrogen-bond donors (Lipinski definition) is 3. The molecule has 0 spiro atoms. The van der Waals surface area contributed by atoms with E-state index in [0.29, 0.717) is 0 Å². The number of hydrogen-bond acceptors (Lipinski definition) is 5. The van der Waals surface area contributed by atoms with Gasteiger partial charge in [-0.1, -0.05) is 0 Å². The zero-order valence-corrected chi connectivity index (χ0v) is 12.5. The Morgan fingerprint density at radius 1 is 1.55 bits per heavy atom. The minimum Gasteiger partial charge on any atom is -0.352 e. The summed E-state index contributed by atoms with van der Waals surface area (Å²) in [5, 5.41) is 0. The summed E-state index contributed by atoms with van der Waals surface area (Å²) in [6.45, 7) is 0.222. The van der Waals surface area contributed by atoms with E-state index in [1.165, 1.54) is 13.1 Å². The molecule has 3 atom stereocenters. The number of H-pyrrole nitrogens is 1. The van der Waals surface area contributed by atoms with E-state index < -0.39 is 50.6 Å². The lowest BCUT2D eigenvalue weighted by molar-refractivity contribution is -0.0337. The molecule has 0 amide bonds. The van der Waals surface area contributed by atoms with Crippen LogP contribution in [-0.4, -0.2) is 38.7 Å². The number of phosphoric ester groups is 1. The fraction of sp³-hybridized carbons (Fsp3) is 0.636. The number of rotatable bonds is 5. The maximum atomic E-state index is 13.0. The molecule has 2 rings (SSSR count). The average Bonchev–Trinajstić information content (AvgIpc) is 2.83. The van der Waals surface area contributed by atoms with Gasteiger partial charge in [-0.3, -0.25) is 23.3 Å². The summed E-state index contributed by atoms with van der Waals surface area (Å²) in [4.78, 5) is 42.6. The largest absolute Gasteiger partial charge is 0.469 e. The number of ether oxygens (including phenoxy) is 1. The van der Waals surface area contributed by atoms with Crippen molar-refractivity contribution in [2.24, 2.45) is 5.92 Å². The van der Waals surface area contributed by atoms with E-state index in [0.717, 1.165) is 4.57 Å². The first-order chi connectivity index (χ1) is 10.2. The Kier molecular flexibility index (Phi) is 4.98. The summed E-state index contributed by atoms with van der Waals surface area (Å²) in [5.41, 5.74) is -0.938. The SMILES string of the molecule is Cc1cn([C@H]2C[C@H](CF)[C@@H](COP(=O)(O)O)O2)c(=O)[nH]c1=O. The summed E-state index contributed by atoms with van der Waals surface area (Å²) < 4.78 is 34.6. The second-order valence-electron chi connectivity index (χ2n) is 5.04. The summed E-state index contributed by atoms with van der Waals surface area (Å²) in [6, 6.07) is 0. The second kappa shape index (κ2) is 6.43. The minimum atomic E-state index is -4.69. The number of nitrogens with one attached hydrogen (secondary N) is 1. The molecule has 1 aliphatic heterocycles. The van der Waals surface area contributed by atoms with Gasteiger partial charge in [0.15, 0.2) is 0 Å². The van der Waals surface area contributed by atoms with Crippen molar-refractivity contribution in [1.82, 2.24) is 9.55 Å². The van der Waals surface area contributed by atoms with Crippen molar-refractivity contribution in [2.75, 3.05) is 13.3 Å². The average molecular weight is 338 g/mol. The van der Waals surface area contributed by atoms with Crippen molar-refractivity contribution >= 4 is 7.82 Å². The van der Waals surface area contributed by atoms with Crippen LogP contribution in [0.15, 0.2) is 15.8 Å². The first kappa shape index (κ1) is 17.0. The van der Waals surface area contributed by atoms with Crippen LogP contribution < -0.4 is 11.2 Å². The van der Waals surface area contributed by atoms with Gasteiger partial charge in [-0.15, -0.1) is 0 Å². The number of halogens is 1. The van der Waals surface area contributed by atoms with E-state index in [1.807, 2.05) is 0 Å². The Hall–Kier alpha value is -1.32. The summed E-state index contributed by atoms with van der Waals surface area (Å²) in [7, 11) is -4.69. The molecule has 11 heteroatoms. The maximum Gasteiger partial charge on any atom is 0.469 e. The molecule has 124 valence electrons. The maximum absolute atomic E-state index is 13.0. The summed E-state index contributed by atoms with van der Waals surface area (Å²) in [5.74, 6) is -0.671. The quantitative estimate of drug-likeness (QED) is 0.635. The molecule has 1 aliphatic rings. The third-order valence-electron chi connectivity index (χ3n) is 3.42. The molecular weight excluding hydrogens is 322 g/mol. The van der Waals surface area contributed by atoms with Crippen LogP contribution in [0.25, 0.3) is 0 Å². The second-order valence-corrected chi connectivity index (χ2v) is 6.28. The van der Waals surface area contributed by atoms with E-state index in [-0.39, 0.29) is 12.0 Å². The predicted molar refractivity (Wildman–Crippen MR) is 72.0 cm³/mol. The normalized spacial score (nSPS) is 25.5. The molecule has 0 bridgehead atoms. The van der Waals surface area contributed by atoms with Gasteiger partial charge in [-0.05, 0) is 6.92 Å². The van der Waals surface area contributed by atoms with Gasteiger partial charge >= 0.3 is 13.5 Å². The number of alkyl halides is 1. The zero-order chi connectivity index (χ0) is 16.5. The Morgan fingerprint density at radius 3 is 2.82 bits per heavy atom. The molecule has 1 aromatic rings. The molecule has 0 aromatic carbocycles. The van der Waals surface area contributed by atoms with Crippen LogP contribution in [0, 0.1) is 12.8 Å². The number of aryl methyl sites for hydroxylation is 1. The molecule has 9 nitrogen and oxygen atoms in total. The van der Waals surface area contributed by atoms with Crippen molar-refractivity contribution in [2.45, 2.75) is 25.7 Å². The molecule has 1 fully saturated rings. The highest BCUT2D eigenvalue weighted by Crippen LogP contribution is 2.39. The number of phosphoric acid groups is 1. The fourth-order valence-electron chi connectivity index (χ4n) is 2.27. The molecule has 1 saturated heterocycles. The highest BCUT2D eigenvalue weighted by Gasteiger charge is 2.38. The Bertz CT molecular complexity index is 696. The standard InChI is InChI=1S/C11H16FN2O7P/c1-6-4-14(11(16)13-10(6)15)9-2-7(3-12)8(21-9)5-20-22(17,18)19/h4,7-9H,2-3,5H2,1H3,(H,13,15,16)(H2,17,18,19)/t7-,8-,9-/m1/s1. The predicted octanol–water partition coefficient (Wildman–Crippen LogP) is -0.172. The van der Waals surface area contributed by atoms with Gasteiger partial charge in [0.25, 0.3) is 5.56 Å². The molecule has 0 aliphatic carbocycles. The lowest BCUT2D eigenvalue weighted by Gasteiger charge is -2.17. The van der Waals surface area contributed by atoms with Crippen molar-refractivity contribution in [3.05, 3.63) is 32.6 Å². The van der Waals surface area contributed by atoms with E-state index in [9.17, 15) is 18.5 Å². The van der Waals surface area contributed by atoms with Gasteiger partial charge in [0, 0.05) is 24.1 Å². The van der Waals surface area contributed by atoms with Crippen molar-refractivity contribution in [3.63, 3.8) is 0 Å². The van der Waals surface area contributed by atoms with Crippen LogP contribution in [0.3, 0.4) is 0 Å². The van der Waals surface area contributed by atoms with E-state index >= 15 is 0 Å². The lowest BCUT2D eigenvalue weighted by Crippen LogP contribution is -2.33. The summed E-state index contributed by atoms with van der Waals surface area (Å²) >= 11 is 0. The molecule has 0 unspecified atom stereocenters. The van der Waals surface area contributed by atoms with Crippen molar-refractivity contribution < 1.29 is 28.0 Å². The fourth-order valence-corrected chi connectivity index (χ4v) is 2.61. The third-order valence-corrected chi connectivity index (χ3v) is 3.91. The van der Waals surface area contributed by atoms with Crippen molar-refractivity contribution in [1.29, 1.82) is 0 Å². The Balaban J connectivity index is 2.18. The third kappa shape index (κ3) is 3.90. The van der Waals surface area contributed by atoms with E-state index in [1.54, 1.807) is 0 Å². The molecule has 3 N–H and O–H groups in total. The Morgan fingerprint density at radius 2 is 2.23 bits per heavy atom. The van der Waals surface area contributed by atoms with Crippen molar-refractivity contribution in [3.8, 4) is 0 Å². The molecular formula is C11H16FN2O7P. The van der Waals surface area contributed by atoms with Crippen LogP contribution in [0.2, 0.25) is 0 Å². The van der Waals surface area contributed by atoms with Gasteiger partial charge in [0.2, 0.25) is 0 Å². The van der Waals surface area contributed by atoms with Gasteiger partial charge < -0.3 is 14.5 Å². The molecule has 0 saturated carbocycles. The number of nitrogens with zero attached hydrogens (tertiary/aromatic N) is 1. The molecule has 2 heterocycles. The number of aromatic amines is 1. The first-order valence-electron chi connectivity index (χ1n) is 6.45. The van der Waals surface area contributed by atoms with Gasteiger partial charge in [-0.2, -0.15) is 0 Å². The monoisotopic (exact) mass is 338 g/mol. The lowest BCUT2D eigenvalue weighted by atomic mass is 10.0. The van der Waals surface area contributed by atoms with Crippen LogP contribution >= 0.6 is 7.82 Å². The molecule has 1 aromatic heterocycles. The Labute approximate surface area is 123 Å². The zero-order valence-electron chi connectivity index (χ0n) is 11.6. The van der Waals surface area contributed by atoms with Crippen LogP contribution in [0.1, 0.15) is 18.2 Å².